The molecule has 5 nitrogen and oxygen atoms in total. The Balaban J connectivity index is 2.92. The van der Waals surface area contributed by atoms with Crippen LogP contribution in [0.3, 0.4) is 0 Å². The van der Waals surface area contributed by atoms with Gasteiger partial charge in [-0.2, -0.15) is 0 Å². The van der Waals surface area contributed by atoms with Gasteiger partial charge in [0.05, 0.1) is 10.9 Å². The molecule has 19 heavy (non-hydrogen) atoms. The lowest BCUT2D eigenvalue weighted by Gasteiger charge is -2.21. The number of hydrogen-bond acceptors (Lipinski definition) is 4. The summed E-state index contributed by atoms with van der Waals surface area (Å²) in [4.78, 5) is 11.8. The molecule has 0 saturated carbocycles. The number of aryl methyl sites for hydroxylation is 1. The van der Waals surface area contributed by atoms with Crippen molar-refractivity contribution in [1.82, 2.24) is 4.72 Å². The minimum absolute atomic E-state index is 0.0912. The number of Topliss-reactive ketones (excluding diaryl/α,β-unsaturated/α-hetero) is 1. The number of nitrogens with one attached hydrogen (secondary N) is 1. The Labute approximate surface area is 113 Å². The largest absolute Gasteiger partial charge is 0.383 e. The van der Waals surface area contributed by atoms with Gasteiger partial charge in [-0.15, -0.1) is 0 Å². The Morgan fingerprint density at radius 2 is 1.74 bits per heavy atom. The quantitative estimate of drug-likeness (QED) is 0.845. The van der Waals surface area contributed by atoms with Gasteiger partial charge in [-0.1, -0.05) is 17.7 Å². The lowest BCUT2D eigenvalue weighted by Crippen LogP contribution is -2.47. The molecule has 2 N–H and O–H groups in total. The van der Waals surface area contributed by atoms with Crippen LogP contribution in [-0.2, 0) is 14.8 Å². The summed E-state index contributed by atoms with van der Waals surface area (Å²) in [5, 5.41) is 9.58. The van der Waals surface area contributed by atoms with Gasteiger partial charge in [0.15, 0.2) is 5.78 Å². The van der Waals surface area contributed by atoms with Crippen LogP contribution in [0.2, 0.25) is 0 Å². The van der Waals surface area contributed by atoms with Gasteiger partial charge in [-0.05, 0) is 39.8 Å². The zero-order valence-corrected chi connectivity index (χ0v) is 12.3. The molecule has 0 aromatic heterocycles. The summed E-state index contributed by atoms with van der Waals surface area (Å²) in [6, 6.07) is 5.30. The maximum Gasteiger partial charge on any atom is 0.241 e. The standard InChI is InChI=1S/C13H19NO4S/c1-9-5-7-11(8-6-9)19(17,18)14-10(2)12(15)13(3,4)16/h5-8,10,14,16H,1-4H3/t10-/m0/s1. The van der Waals surface area contributed by atoms with Gasteiger partial charge in [-0.25, -0.2) is 13.1 Å². The Bertz CT molecular complexity index is 555. The van der Waals surface area contributed by atoms with Crippen LogP contribution in [0, 0.1) is 6.92 Å². The summed E-state index contributed by atoms with van der Waals surface area (Å²) in [5.74, 6) is -0.580. The molecule has 0 aliphatic heterocycles. The molecule has 106 valence electrons. The van der Waals surface area contributed by atoms with Crippen molar-refractivity contribution in [2.45, 2.75) is 44.2 Å². The van der Waals surface area contributed by atoms with E-state index in [2.05, 4.69) is 4.72 Å². The first-order valence-electron chi connectivity index (χ1n) is 5.90. The van der Waals surface area contributed by atoms with Crippen molar-refractivity contribution in [3.05, 3.63) is 29.8 Å². The zero-order valence-electron chi connectivity index (χ0n) is 11.5. The first-order valence-corrected chi connectivity index (χ1v) is 7.38. The average Bonchev–Trinajstić information content (AvgIpc) is 2.26. The van der Waals surface area contributed by atoms with E-state index in [1.54, 1.807) is 12.1 Å². The molecule has 0 bridgehead atoms. The van der Waals surface area contributed by atoms with Gasteiger partial charge in [0, 0.05) is 0 Å². The predicted octanol–water partition coefficient (Wildman–Crippen LogP) is 1.00. The molecule has 0 aliphatic carbocycles. The van der Waals surface area contributed by atoms with E-state index in [0.29, 0.717) is 0 Å². The molecule has 1 aromatic rings. The second kappa shape index (κ2) is 5.40. The summed E-state index contributed by atoms with van der Waals surface area (Å²) < 4.78 is 26.3. The van der Waals surface area contributed by atoms with Gasteiger partial charge in [0.1, 0.15) is 5.60 Å². The van der Waals surface area contributed by atoms with Crippen molar-refractivity contribution in [2.75, 3.05) is 0 Å². The molecular weight excluding hydrogens is 266 g/mol. The first-order chi connectivity index (χ1) is 8.54. The Morgan fingerprint density at radius 3 is 2.16 bits per heavy atom. The van der Waals surface area contributed by atoms with Crippen LogP contribution in [0.4, 0.5) is 0 Å². The molecule has 0 saturated heterocycles. The molecule has 0 aliphatic rings. The van der Waals surface area contributed by atoms with Crippen LogP contribution in [0.5, 0.6) is 0 Å². The predicted molar refractivity (Wildman–Crippen MR) is 72.3 cm³/mol. The second-order valence-electron chi connectivity index (χ2n) is 5.08. The third-order valence-electron chi connectivity index (χ3n) is 2.66. The SMILES string of the molecule is Cc1ccc(S(=O)(=O)N[C@@H](C)C(=O)C(C)(C)O)cc1. The van der Waals surface area contributed by atoms with E-state index in [-0.39, 0.29) is 4.90 Å². The van der Waals surface area contributed by atoms with Crippen LogP contribution in [0.15, 0.2) is 29.2 Å². The van der Waals surface area contributed by atoms with E-state index >= 15 is 0 Å². The molecule has 6 heteroatoms. The monoisotopic (exact) mass is 285 g/mol. The Kier molecular flexibility index (Phi) is 4.50. The number of hydrogen-bond donors (Lipinski definition) is 2. The summed E-state index contributed by atoms with van der Waals surface area (Å²) in [6.07, 6.45) is 0. The van der Waals surface area contributed by atoms with Crippen LogP contribution < -0.4 is 4.72 Å². The maximum atomic E-state index is 12.0. The maximum absolute atomic E-state index is 12.0. The summed E-state index contributed by atoms with van der Waals surface area (Å²) in [6.45, 7) is 5.91. The van der Waals surface area contributed by atoms with Crippen molar-refractivity contribution >= 4 is 15.8 Å². The highest BCUT2D eigenvalue weighted by molar-refractivity contribution is 7.89. The minimum Gasteiger partial charge on any atom is -0.383 e. The Morgan fingerprint density at radius 1 is 1.26 bits per heavy atom. The van der Waals surface area contributed by atoms with E-state index < -0.39 is 27.4 Å². The minimum atomic E-state index is -3.76. The fraction of sp³-hybridized carbons (Fsp3) is 0.462. The van der Waals surface area contributed by atoms with E-state index in [0.717, 1.165) is 5.56 Å². The van der Waals surface area contributed by atoms with E-state index in [4.69, 9.17) is 0 Å². The lowest BCUT2D eigenvalue weighted by molar-refractivity contribution is -0.135. The van der Waals surface area contributed by atoms with Crippen LogP contribution in [-0.4, -0.2) is 31.0 Å². The van der Waals surface area contributed by atoms with E-state index in [1.165, 1.54) is 32.9 Å². The highest BCUT2D eigenvalue weighted by Gasteiger charge is 2.31. The molecule has 0 spiro atoms. The fourth-order valence-electron chi connectivity index (χ4n) is 1.60. The van der Waals surface area contributed by atoms with Crippen LogP contribution in [0.25, 0.3) is 0 Å². The molecule has 1 aromatic carbocycles. The van der Waals surface area contributed by atoms with E-state index in [9.17, 15) is 18.3 Å². The number of ketones is 1. The Hall–Kier alpha value is -1.24. The smallest absolute Gasteiger partial charge is 0.241 e. The average molecular weight is 285 g/mol. The number of aliphatic hydroxyl groups is 1. The van der Waals surface area contributed by atoms with Crippen molar-refractivity contribution in [3.63, 3.8) is 0 Å². The van der Waals surface area contributed by atoms with Crippen LogP contribution >= 0.6 is 0 Å². The molecule has 1 atom stereocenters. The second-order valence-corrected chi connectivity index (χ2v) is 6.79. The van der Waals surface area contributed by atoms with Crippen molar-refractivity contribution in [2.24, 2.45) is 0 Å². The highest BCUT2D eigenvalue weighted by atomic mass is 32.2. The molecule has 0 unspecified atom stereocenters. The van der Waals surface area contributed by atoms with Gasteiger partial charge < -0.3 is 5.11 Å². The molecule has 1 rings (SSSR count). The van der Waals surface area contributed by atoms with Gasteiger partial charge >= 0.3 is 0 Å². The number of rotatable bonds is 5. The summed E-state index contributed by atoms with van der Waals surface area (Å²) >= 11 is 0. The molecular formula is C13H19NO4S. The zero-order chi connectivity index (χ0) is 14.8. The summed E-state index contributed by atoms with van der Waals surface area (Å²) in [7, 11) is -3.76. The molecule has 0 amide bonds. The number of carbonyl (C=O) groups excluding carboxylic acids is 1. The van der Waals surface area contributed by atoms with Crippen molar-refractivity contribution in [3.8, 4) is 0 Å². The number of carbonyl (C=O) groups is 1. The lowest BCUT2D eigenvalue weighted by atomic mass is 9.99. The molecule has 0 radical (unpaired) electrons. The highest BCUT2D eigenvalue weighted by Crippen LogP contribution is 2.12. The van der Waals surface area contributed by atoms with Crippen molar-refractivity contribution < 1.29 is 18.3 Å². The van der Waals surface area contributed by atoms with Gasteiger partial charge in [0.25, 0.3) is 0 Å². The summed E-state index contributed by atoms with van der Waals surface area (Å²) in [5.41, 5.74) is -0.630. The number of benzene rings is 1. The van der Waals surface area contributed by atoms with E-state index in [1.807, 2.05) is 6.92 Å². The number of sulfonamides is 1. The van der Waals surface area contributed by atoms with Gasteiger partial charge in [0.2, 0.25) is 10.0 Å². The third-order valence-corrected chi connectivity index (χ3v) is 4.22. The first kappa shape index (κ1) is 15.8. The molecule has 0 fully saturated rings. The van der Waals surface area contributed by atoms with Crippen molar-refractivity contribution in [1.29, 1.82) is 0 Å². The molecule has 0 heterocycles. The fourth-order valence-corrected chi connectivity index (χ4v) is 2.80. The third kappa shape index (κ3) is 4.12. The van der Waals surface area contributed by atoms with Gasteiger partial charge in [-0.3, -0.25) is 4.79 Å². The van der Waals surface area contributed by atoms with Crippen LogP contribution in [0.1, 0.15) is 26.3 Å². The normalized spacial score (nSPS) is 14.2. The topological polar surface area (TPSA) is 83.5 Å².